The largest absolute Gasteiger partial charge is 0.404 e. The second-order valence-electron chi connectivity index (χ2n) is 5.70. The smallest absolute Gasteiger partial charge is 0.304 e. The second-order valence-corrected chi connectivity index (χ2v) is 12.9. The number of alkyl halides is 2. The highest BCUT2D eigenvalue weighted by Gasteiger charge is 2.54. The molecule has 0 amide bonds. The lowest BCUT2D eigenvalue weighted by molar-refractivity contribution is 0.0361. The van der Waals surface area contributed by atoms with E-state index in [1.54, 1.807) is 12.1 Å². The van der Waals surface area contributed by atoms with Gasteiger partial charge in [0.05, 0.1) is 21.3 Å². The monoisotopic (exact) mass is 336 g/mol. The summed E-state index contributed by atoms with van der Waals surface area (Å²) >= 11 is 0. The van der Waals surface area contributed by atoms with Gasteiger partial charge in [0.25, 0.3) is 0 Å². The van der Waals surface area contributed by atoms with E-state index in [0.29, 0.717) is 0 Å². The molecule has 1 aromatic rings. The lowest BCUT2D eigenvalue weighted by Gasteiger charge is -2.26. The van der Waals surface area contributed by atoms with E-state index in [1.165, 1.54) is 26.0 Å². The molecular weight excluding hydrogens is 313 g/mol. The molecule has 0 bridgehead atoms. The number of rotatable bonds is 7. The molecule has 1 rings (SSSR count). The third-order valence-electron chi connectivity index (χ3n) is 3.04. The van der Waals surface area contributed by atoms with E-state index in [0.717, 1.165) is 5.19 Å². The summed E-state index contributed by atoms with van der Waals surface area (Å²) in [5.41, 5.74) is -3.99. The van der Waals surface area contributed by atoms with Gasteiger partial charge in [-0.05, 0) is 13.8 Å². The minimum atomic E-state index is -4.52. The second kappa shape index (κ2) is 6.69. The summed E-state index contributed by atoms with van der Waals surface area (Å²) in [6, 6.07) is 5.99. The first-order valence-corrected chi connectivity index (χ1v) is 12.0. The van der Waals surface area contributed by atoms with Gasteiger partial charge >= 0.3 is 13.3 Å². The highest BCUT2D eigenvalue weighted by molar-refractivity contribution is 7.54. The fourth-order valence-electron chi connectivity index (χ4n) is 1.87. The summed E-state index contributed by atoms with van der Waals surface area (Å²) in [6.45, 7) is 9.22. The Morgan fingerprint density at radius 3 is 1.81 bits per heavy atom. The minimum Gasteiger partial charge on any atom is -0.304 e. The molecule has 3 nitrogen and oxygen atoms in total. The fraction of sp³-hybridized carbons (Fsp3) is 0.571. The van der Waals surface area contributed by atoms with E-state index < -0.39 is 21.3 Å². The highest BCUT2D eigenvalue weighted by Crippen LogP contribution is 2.66. The van der Waals surface area contributed by atoms with Crippen LogP contribution in [0.5, 0.6) is 0 Å². The van der Waals surface area contributed by atoms with Crippen molar-refractivity contribution < 1.29 is 22.4 Å². The molecule has 0 fully saturated rings. The first-order chi connectivity index (χ1) is 9.58. The van der Waals surface area contributed by atoms with E-state index >= 15 is 0 Å². The molecule has 0 unspecified atom stereocenters. The third-order valence-corrected chi connectivity index (χ3v) is 7.25. The Balaban J connectivity index is 3.19. The van der Waals surface area contributed by atoms with Crippen molar-refractivity contribution in [1.82, 2.24) is 0 Å². The first-order valence-electron chi connectivity index (χ1n) is 6.96. The van der Waals surface area contributed by atoms with Gasteiger partial charge < -0.3 is 9.05 Å². The highest BCUT2D eigenvalue weighted by atomic mass is 31.2. The zero-order chi connectivity index (χ0) is 16.3. The number of benzene rings is 1. The predicted molar refractivity (Wildman–Crippen MR) is 84.2 cm³/mol. The van der Waals surface area contributed by atoms with Crippen molar-refractivity contribution in [2.45, 2.75) is 39.2 Å². The maximum absolute atomic E-state index is 14.5. The molecule has 0 aliphatic carbocycles. The summed E-state index contributed by atoms with van der Waals surface area (Å²) in [7, 11) is -6.09. The molecule has 0 atom stereocenters. The minimum absolute atomic E-state index is 0.0974. The van der Waals surface area contributed by atoms with Crippen LogP contribution < -0.4 is 5.19 Å². The van der Waals surface area contributed by atoms with Crippen molar-refractivity contribution >= 4 is 20.9 Å². The molecule has 0 saturated heterocycles. The van der Waals surface area contributed by atoms with Crippen molar-refractivity contribution in [1.29, 1.82) is 0 Å². The zero-order valence-electron chi connectivity index (χ0n) is 13.2. The van der Waals surface area contributed by atoms with Gasteiger partial charge in [-0.1, -0.05) is 49.1 Å². The van der Waals surface area contributed by atoms with Gasteiger partial charge in [-0.25, -0.2) is 0 Å². The van der Waals surface area contributed by atoms with Gasteiger partial charge in [0.1, 0.15) is 0 Å². The molecule has 0 aliphatic rings. The van der Waals surface area contributed by atoms with Crippen LogP contribution in [0, 0.1) is 0 Å². The maximum atomic E-state index is 14.5. The van der Waals surface area contributed by atoms with E-state index in [4.69, 9.17) is 9.05 Å². The lowest BCUT2D eigenvalue weighted by atomic mass is 10.2. The SMILES string of the molecule is CCOP(=O)(OCC)C(F)(F)c1ccc([Si](C)(C)C)cc1. The number of hydrogen-bond donors (Lipinski definition) is 0. The van der Waals surface area contributed by atoms with Gasteiger partial charge in [-0.3, -0.25) is 4.57 Å². The molecular formula is C14H23F2O3PSi. The van der Waals surface area contributed by atoms with Gasteiger partial charge in [-0.2, -0.15) is 8.78 Å². The van der Waals surface area contributed by atoms with Crippen LogP contribution in [0.15, 0.2) is 24.3 Å². The van der Waals surface area contributed by atoms with E-state index in [-0.39, 0.29) is 18.8 Å². The van der Waals surface area contributed by atoms with Crippen molar-refractivity contribution in [3.63, 3.8) is 0 Å². The van der Waals surface area contributed by atoms with Crippen LogP contribution in [0.3, 0.4) is 0 Å². The summed E-state index contributed by atoms with van der Waals surface area (Å²) in [4.78, 5) is 0. The van der Waals surface area contributed by atoms with Crippen molar-refractivity contribution in [2.75, 3.05) is 13.2 Å². The van der Waals surface area contributed by atoms with E-state index in [1.807, 2.05) is 0 Å². The normalized spacial score (nSPS) is 13.5. The summed E-state index contributed by atoms with van der Waals surface area (Å²) in [6.07, 6.45) is 0. The number of hydrogen-bond acceptors (Lipinski definition) is 3. The van der Waals surface area contributed by atoms with Crippen molar-refractivity contribution in [3.05, 3.63) is 29.8 Å². The quantitative estimate of drug-likeness (QED) is 0.541. The van der Waals surface area contributed by atoms with Crippen LogP contribution >= 0.6 is 7.60 Å². The molecule has 0 aliphatic heterocycles. The molecule has 1 aromatic carbocycles. The van der Waals surface area contributed by atoms with Crippen LogP contribution in [0.4, 0.5) is 8.78 Å². The summed E-state index contributed by atoms with van der Waals surface area (Å²) in [5, 5.41) is 1.06. The maximum Gasteiger partial charge on any atom is 0.404 e. The van der Waals surface area contributed by atoms with Gasteiger partial charge in [0.2, 0.25) is 0 Å². The molecule has 0 saturated carbocycles. The summed E-state index contributed by atoms with van der Waals surface area (Å²) < 4.78 is 50.9. The van der Waals surface area contributed by atoms with Crippen LogP contribution in [-0.4, -0.2) is 21.3 Å². The molecule has 120 valence electrons. The van der Waals surface area contributed by atoms with Crippen molar-refractivity contribution in [3.8, 4) is 0 Å². The third kappa shape index (κ3) is 4.00. The average Bonchev–Trinajstić information content (AvgIpc) is 2.38. The Hall–Kier alpha value is -0.553. The first kappa shape index (κ1) is 18.5. The predicted octanol–water partition coefficient (Wildman–Crippen LogP) is 4.55. The Morgan fingerprint density at radius 2 is 1.48 bits per heavy atom. The van der Waals surface area contributed by atoms with Crippen LogP contribution in [0.1, 0.15) is 19.4 Å². The van der Waals surface area contributed by atoms with E-state index in [2.05, 4.69) is 19.6 Å². The zero-order valence-corrected chi connectivity index (χ0v) is 15.0. The molecule has 0 aromatic heterocycles. The Kier molecular flexibility index (Phi) is 5.89. The van der Waals surface area contributed by atoms with Gasteiger partial charge in [0.15, 0.2) is 0 Å². The Bertz CT molecular complexity index is 502. The lowest BCUT2D eigenvalue weighted by Crippen LogP contribution is -2.37. The Labute approximate surface area is 126 Å². The van der Waals surface area contributed by atoms with E-state index in [9.17, 15) is 13.3 Å². The van der Waals surface area contributed by atoms with Gasteiger partial charge in [-0.15, -0.1) is 0 Å². The molecule has 0 N–H and O–H groups in total. The van der Waals surface area contributed by atoms with Gasteiger partial charge in [0, 0.05) is 5.56 Å². The molecule has 0 radical (unpaired) electrons. The molecule has 7 heteroatoms. The average molecular weight is 336 g/mol. The number of halogens is 2. The fourth-order valence-corrected chi connectivity index (χ4v) is 4.58. The molecule has 0 spiro atoms. The van der Waals surface area contributed by atoms with Crippen LogP contribution in [-0.2, 0) is 19.3 Å². The standard InChI is InChI=1S/C14H23F2O3PSi/c1-6-18-20(17,19-7-2)14(15,16)12-8-10-13(11-9-12)21(3,4)5/h8-11H,6-7H2,1-5H3. The van der Waals surface area contributed by atoms with Crippen molar-refractivity contribution in [2.24, 2.45) is 0 Å². The van der Waals surface area contributed by atoms with Crippen LogP contribution in [0.2, 0.25) is 19.6 Å². The van der Waals surface area contributed by atoms with Crippen LogP contribution in [0.25, 0.3) is 0 Å². The topological polar surface area (TPSA) is 35.5 Å². The Morgan fingerprint density at radius 1 is 1.05 bits per heavy atom. The molecule has 0 heterocycles. The summed E-state index contributed by atoms with van der Waals surface area (Å²) in [5.74, 6) is 0. The molecule has 21 heavy (non-hydrogen) atoms.